The predicted molar refractivity (Wildman–Crippen MR) is 129 cm³/mol. The van der Waals surface area contributed by atoms with E-state index in [1.165, 1.54) is 18.4 Å². The average Bonchev–Trinajstić information content (AvgIpc) is 3.45. The number of aromatic nitrogens is 1. The third-order valence-electron chi connectivity index (χ3n) is 6.42. The van der Waals surface area contributed by atoms with E-state index in [1.807, 2.05) is 35.2 Å². The standard InChI is InChI=1S/C26H31N3O2S/c30-25-9-4-17-29(25)19-5-18-28(21-12-13-21)16-3-6-20-10-14-22(15-11-20)31-26-27-23-7-1-2-8-24(23)32-26/h1-2,7-8,10-11,14-15,21H,3-6,9,12-13,16-19H2. The van der Waals surface area contributed by atoms with Crippen molar-refractivity contribution in [2.24, 2.45) is 0 Å². The lowest BCUT2D eigenvalue weighted by atomic mass is 10.1. The van der Waals surface area contributed by atoms with Crippen molar-refractivity contribution in [1.82, 2.24) is 14.8 Å². The van der Waals surface area contributed by atoms with Crippen LogP contribution in [0, 0.1) is 0 Å². The van der Waals surface area contributed by atoms with Crippen LogP contribution in [0.1, 0.15) is 44.1 Å². The minimum absolute atomic E-state index is 0.346. The fourth-order valence-corrected chi connectivity index (χ4v) is 5.36. The third-order valence-corrected chi connectivity index (χ3v) is 7.34. The lowest BCUT2D eigenvalue weighted by molar-refractivity contribution is -0.127. The number of likely N-dealkylation sites (tertiary alicyclic amines) is 1. The van der Waals surface area contributed by atoms with Crippen LogP contribution in [0.5, 0.6) is 10.9 Å². The molecular formula is C26H31N3O2S. The summed E-state index contributed by atoms with van der Waals surface area (Å²) in [6, 6.07) is 17.3. The fourth-order valence-electron chi connectivity index (χ4n) is 4.53. The van der Waals surface area contributed by atoms with E-state index in [-0.39, 0.29) is 0 Å². The molecule has 1 amide bonds. The molecule has 0 unspecified atom stereocenters. The number of aryl methyl sites for hydroxylation is 1. The van der Waals surface area contributed by atoms with Crippen molar-refractivity contribution in [3.8, 4) is 10.9 Å². The monoisotopic (exact) mass is 449 g/mol. The number of benzene rings is 2. The maximum absolute atomic E-state index is 11.8. The third kappa shape index (κ3) is 5.48. The zero-order chi connectivity index (χ0) is 21.8. The van der Waals surface area contributed by atoms with Crippen LogP contribution in [0.25, 0.3) is 10.2 Å². The number of fused-ring (bicyclic) bond motifs is 1. The number of amides is 1. The van der Waals surface area contributed by atoms with Crippen LogP contribution in [-0.2, 0) is 11.2 Å². The van der Waals surface area contributed by atoms with Crippen molar-refractivity contribution < 1.29 is 9.53 Å². The van der Waals surface area contributed by atoms with E-state index in [0.717, 1.165) is 80.3 Å². The van der Waals surface area contributed by atoms with Gasteiger partial charge in [0.1, 0.15) is 5.75 Å². The zero-order valence-electron chi connectivity index (χ0n) is 18.5. The molecular weight excluding hydrogens is 418 g/mol. The van der Waals surface area contributed by atoms with Gasteiger partial charge in [-0.25, -0.2) is 4.98 Å². The molecule has 1 aromatic heterocycles. The largest absolute Gasteiger partial charge is 0.431 e. The molecule has 2 fully saturated rings. The lowest BCUT2D eigenvalue weighted by Gasteiger charge is -2.23. The maximum Gasteiger partial charge on any atom is 0.279 e. The van der Waals surface area contributed by atoms with Gasteiger partial charge in [-0.05, 0) is 74.9 Å². The Morgan fingerprint density at radius 1 is 1.06 bits per heavy atom. The van der Waals surface area contributed by atoms with Crippen LogP contribution in [0.2, 0.25) is 0 Å². The van der Waals surface area contributed by atoms with Gasteiger partial charge in [-0.2, -0.15) is 0 Å². The van der Waals surface area contributed by atoms with Crippen molar-refractivity contribution in [3.05, 3.63) is 54.1 Å². The Morgan fingerprint density at radius 3 is 2.62 bits per heavy atom. The summed E-state index contributed by atoms with van der Waals surface area (Å²) in [5, 5.41) is 0.689. The maximum atomic E-state index is 11.8. The smallest absolute Gasteiger partial charge is 0.279 e. The van der Waals surface area contributed by atoms with Gasteiger partial charge in [-0.15, -0.1) is 0 Å². The molecule has 2 aliphatic rings. The highest BCUT2D eigenvalue weighted by Gasteiger charge is 2.28. The van der Waals surface area contributed by atoms with Crippen LogP contribution >= 0.6 is 11.3 Å². The number of thiazole rings is 1. The highest BCUT2D eigenvalue weighted by atomic mass is 32.1. The average molecular weight is 450 g/mol. The molecule has 1 aliphatic heterocycles. The van der Waals surface area contributed by atoms with Crippen molar-refractivity contribution in [1.29, 1.82) is 0 Å². The van der Waals surface area contributed by atoms with Crippen LogP contribution in [-0.4, -0.2) is 52.9 Å². The summed E-state index contributed by atoms with van der Waals surface area (Å²) in [7, 11) is 0. The number of hydrogen-bond acceptors (Lipinski definition) is 5. The molecule has 0 N–H and O–H groups in total. The van der Waals surface area contributed by atoms with Gasteiger partial charge in [-0.3, -0.25) is 4.79 Å². The summed E-state index contributed by atoms with van der Waals surface area (Å²) in [5.74, 6) is 1.18. The molecule has 0 atom stereocenters. The molecule has 1 aliphatic carbocycles. The molecule has 6 heteroatoms. The number of carbonyl (C=O) groups is 1. The van der Waals surface area contributed by atoms with Gasteiger partial charge < -0.3 is 14.5 Å². The minimum atomic E-state index is 0.346. The van der Waals surface area contributed by atoms with Crippen LogP contribution in [0.3, 0.4) is 0 Å². The van der Waals surface area contributed by atoms with E-state index in [0.29, 0.717) is 11.1 Å². The van der Waals surface area contributed by atoms with E-state index in [9.17, 15) is 4.79 Å². The van der Waals surface area contributed by atoms with Crippen molar-refractivity contribution in [2.75, 3.05) is 26.2 Å². The van der Waals surface area contributed by atoms with Crippen LogP contribution < -0.4 is 4.74 Å². The van der Waals surface area contributed by atoms with Crippen molar-refractivity contribution in [2.45, 2.75) is 51.0 Å². The van der Waals surface area contributed by atoms with Crippen molar-refractivity contribution in [3.63, 3.8) is 0 Å². The Balaban J connectivity index is 1.07. The second-order valence-electron chi connectivity index (χ2n) is 8.90. The Kier molecular flexibility index (Phi) is 6.69. The second-order valence-corrected chi connectivity index (χ2v) is 9.90. The molecule has 2 aromatic carbocycles. The molecule has 0 radical (unpaired) electrons. The molecule has 2 heterocycles. The number of rotatable bonds is 11. The SMILES string of the molecule is O=C1CCCN1CCCN(CCCc1ccc(Oc2nc3ccccc3s2)cc1)C1CC1. The van der Waals surface area contributed by atoms with Crippen molar-refractivity contribution >= 4 is 27.5 Å². The van der Waals surface area contributed by atoms with E-state index in [2.05, 4.69) is 28.1 Å². The summed E-state index contributed by atoms with van der Waals surface area (Å²) in [4.78, 5) is 21.0. The Labute approximate surface area is 194 Å². The number of ether oxygens (including phenoxy) is 1. The summed E-state index contributed by atoms with van der Waals surface area (Å²) < 4.78 is 7.11. The fraction of sp³-hybridized carbons (Fsp3) is 0.462. The molecule has 0 bridgehead atoms. The van der Waals surface area contributed by atoms with E-state index in [1.54, 1.807) is 11.3 Å². The first-order valence-corrected chi connectivity index (χ1v) is 12.7. The first kappa shape index (κ1) is 21.4. The highest BCUT2D eigenvalue weighted by molar-refractivity contribution is 7.20. The summed E-state index contributed by atoms with van der Waals surface area (Å²) in [6.07, 6.45) is 7.79. The van der Waals surface area contributed by atoms with Gasteiger partial charge in [0.25, 0.3) is 5.19 Å². The van der Waals surface area contributed by atoms with Gasteiger partial charge in [0.15, 0.2) is 0 Å². The lowest BCUT2D eigenvalue weighted by Crippen LogP contribution is -2.32. The van der Waals surface area contributed by atoms with Crippen LogP contribution in [0.15, 0.2) is 48.5 Å². The van der Waals surface area contributed by atoms with Gasteiger partial charge in [0, 0.05) is 32.1 Å². The summed E-state index contributed by atoms with van der Waals surface area (Å²) in [5.41, 5.74) is 2.33. The second kappa shape index (κ2) is 10.0. The van der Waals surface area contributed by atoms with E-state index < -0.39 is 0 Å². The molecule has 3 aromatic rings. The first-order chi connectivity index (χ1) is 15.7. The van der Waals surface area contributed by atoms with Gasteiger partial charge >= 0.3 is 0 Å². The Hall–Kier alpha value is -2.44. The minimum Gasteiger partial charge on any atom is -0.431 e. The first-order valence-electron chi connectivity index (χ1n) is 11.9. The topological polar surface area (TPSA) is 45.7 Å². The molecule has 1 saturated carbocycles. The van der Waals surface area contributed by atoms with Gasteiger partial charge in [0.2, 0.25) is 5.91 Å². The molecule has 1 saturated heterocycles. The van der Waals surface area contributed by atoms with Gasteiger partial charge in [0.05, 0.1) is 10.2 Å². The number of carbonyl (C=O) groups excluding carboxylic acids is 1. The number of para-hydroxylation sites is 1. The predicted octanol–water partition coefficient (Wildman–Crippen LogP) is 5.50. The molecule has 32 heavy (non-hydrogen) atoms. The zero-order valence-corrected chi connectivity index (χ0v) is 19.4. The quantitative estimate of drug-likeness (QED) is 0.388. The van der Waals surface area contributed by atoms with Gasteiger partial charge in [-0.1, -0.05) is 35.6 Å². The van der Waals surface area contributed by atoms with E-state index in [4.69, 9.17) is 4.74 Å². The summed E-state index contributed by atoms with van der Waals surface area (Å²) >= 11 is 1.58. The molecule has 168 valence electrons. The Bertz CT molecular complexity index is 1010. The normalized spacial score (nSPS) is 16.4. The molecule has 5 rings (SSSR count). The number of hydrogen-bond donors (Lipinski definition) is 0. The highest BCUT2D eigenvalue weighted by Crippen LogP contribution is 2.31. The summed E-state index contributed by atoms with van der Waals surface area (Å²) in [6.45, 7) is 4.14. The molecule has 5 nitrogen and oxygen atoms in total. The number of nitrogens with zero attached hydrogens (tertiary/aromatic N) is 3. The Morgan fingerprint density at radius 2 is 1.88 bits per heavy atom. The van der Waals surface area contributed by atoms with E-state index >= 15 is 0 Å². The van der Waals surface area contributed by atoms with Crippen LogP contribution in [0.4, 0.5) is 0 Å². The molecule has 0 spiro atoms.